The number of nitrogens with zero attached hydrogens (tertiary/aromatic N) is 1. The molecule has 2 fully saturated rings. The molecule has 7 heteroatoms. The van der Waals surface area contributed by atoms with Gasteiger partial charge < -0.3 is 25.0 Å². The molecule has 200 valence electrons. The topological polar surface area (TPSA) is 91.3 Å². The molecule has 3 aromatic carbocycles. The van der Waals surface area contributed by atoms with E-state index in [2.05, 4.69) is 10.2 Å². The molecule has 3 N–H and O–H groups in total. The highest BCUT2D eigenvalue weighted by molar-refractivity contribution is 5.94. The number of rotatable bonds is 9. The Morgan fingerprint density at radius 2 is 1.61 bits per heavy atom. The molecule has 1 amide bonds. The second kappa shape index (κ2) is 12.7. The van der Waals surface area contributed by atoms with Crippen LogP contribution in [0.25, 0.3) is 0 Å². The Hall–Kier alpha value is -3.07. The summed E-state index contributed by atoms with van der Waals surface area (Å²) in [6, 6.07) is 25.2. The van der Waals surface area contributed by atoms with Crippen molar-refractivity contribution < 1.29 is 24.5 Å². The monoisotopic (exact) mass is 516 g/mol. The number of aliphatic hydroxyl groups is 2. The number of likely N-dealkylation sites (tertiary alicyclic amines) is 1. The lowest BCUT2D eigenvalue weighted by atomic mass is 9.99. The molecule has 2 aliphatic heterocycles. The van der Waals surface area contributed by atoms with Crippen LogP contribution in [0, 0.1) is 0 Å². The molecule has 2 heterocycles. The highest BCUT2D eigenvalue weighted by Crippen LogP contribution is 2.38. The number of carbonyl (C=O) groups excluding carboxylic acids is 1. The van der Waals surface area contributed by atoms with Crippen LogP contribution in [0.2, 0.25) is 0 Å². The van der Waals surface area contributed by atoms with Crippen molar-refractivity contribution in [3.63, 3.8) is 0 Å². The van der Waals surface area contributed by atoms with Gasteiger partial charge in [0.05, 0.1) is 25.4 Å². The number of carbonyl (C=O) groups is 1. The Balaban J connectivity index is 1.28. The summed E-state index contributed by atoms with van der Waals surface area (Å²) in [5.74, 6) is -0.102. The first kappa shape index (κ1) is 26.5. The van der Waals surface area contributed by atoms with Crippen molar-refractivity contribution in [3.05, 3.63) is 107 Å². The van der Waals surface area contributed by atoms with E-state index in [9.17, 15) is 15.0 Å². The average Bonchev–Trinajstić information content (AvgIpc) is 3.43. The first-order chi connectivity index (χ1) is 18.6. The van der Waals surface area contributed by atoms with E-state index in [4.69, 9.17) is 9.47 Å². The molecule has 0 unspecified atom stereocenters. The summed E-state index contributed by atoms with van der Waals surface area (Å²) in [4.78, 5) is 14.7. The third-order valence-corrected chi connectivity index (χ3v) is 7.50. The molecule has 0 saturated carbocycles. The van der Waals surface area contributed by atoms with Crippen LogP contribution in [0.1, 0.15) is 64.3 Å². The Morgan fingerprint density at radius 3 is 2.32 bits per heavy atom. The van der Waals surface area contributed by atoms with Gasteiger partial charge in [-0.3, -0.25) is 9.69 Å². The molecule has 4 atom stereocenters. The third kappa shape index (κ3) is 6.49. The number of amides is 1. The van der Waals surface area contributed by atoms with Gasteiger partial charge in [-0.15, -0.1) is 0 Å². The fraction of sp³-hybridized carbons (Fsp3) is 0.387. The van der Waals surface area contributed by atoms with E-state index in [0.29, 0.717) is 18.5 Å². The Labute approximate surface area is 224 Å². The van der Waals surface area contributed by atoms with E-state index >= 15 is 0 Å². The molecule has 2 saturated heterocycles. The molecule has 0 bridgehead atoms. The van der Waals surface area contributed by atoms with Crippen molar-refractivity contribution in [3.8, 4) is 0 Å². The lowest BCUT2D eigenvalue weighted by molar-refractivity contribution is -0.253. The second-order valence-corrected chi connectivity index (χ2v) is 10.1. The van der Waals surface area contributed by atoms with Crippen LogP contribution in [0.4, 0.5) is 0 Å². The lowest BCUT2D eigenvalue weighted by Gasteiger charge is -2.38. The number of hydrogen-bond acceptors (Lipinski definition) is 6. The smallest absolute Gasteiger partial charge is 0.251 e. The van der Waals surface area contributed by atoms with Crippen molar-refractivity contribution in [2.45, 2.75) is 57.0 Å². The standard InChI is InChI=1S/C31H36N2O5/c34-20-23-10-12-24(13-11-23)29-17-28(19-33-16-4-7-27(33)21-35)37-31(38-29)26-14-8-22(9-15-26)18-32-30(36)25-5-2-1-3-6-25/h1-3,5-6,8-15,27-29,31,34-35H,4,7,16-21H2,(H,32,36)/t27-,28-,29+,31+/m0/s1. The van der Waals surface area contributed by atoms with Gasteiger partial charge in [-0.05, 0) is 48.2 Å². The normalized spacial score (nSPS) is 23.8. The molecular weight excluding hydrogens is 480 g/mol. The van der Waals surface area contributed by atoms with Crippen LogP contribution in [-0.4, -0.2) is 52.9 Å². The van der Waals surface area contributed by atoms with Crippen LogP contribution < -0.4 is 5.32 Å². The van der Waals surface area contributed by atoms with Crippen LogP contribution >= 0.6 is 0 Å². The quantitative estimate of drug-likeness (QED) is 0.397. The van der Waals surface area contributed by atoms with Crippen molar-refractivity contribution >= 4 is 5.91 Å². The zero-order chi connectivity index (χ0) is 26.3. The zero-order valence-corrected chi connectivity index (χ0v) is 21.5. The van der Waals surface area contributed by atoms with Crippen molar-refractivity contribution in [1.29, 1.82) is 0 Å². The van der Waals surface area contributed by atoms with Gasteiger partial charge in [0.25, 0.3) is 5.91 Å². The Bertz CT molecular complexity index is 1170. The summed E-state index contributed by atoms with van der Waals surface area (Å²) in [5.41, 5.74) is 4.47. The minimum Gasteiger partial charge on any atom is -0.395 e. The van der Waals surface area contributed by atoms with Gasteiger partial charge in [0.1, 0.15) is 0 Å². The van der Waals surface area contributed by atoms with E-state index in [0.717, 1.165) is 48.2 Å². The van der Waals surface area contributed by atoms with Crippen LogP contribution in [0.3, 0.4) is 0 Å². The lowest BCUT2D eigenvalue weighted by Crippen LogP contribution is -2.42. The maximum atomic E-state index is 12.4. The first-order valence-electron chi connectivity index (χ1n) is 13.4. The summed E-state index contributed by atoms with van der Waals surface area (Å²) in [7, 11) is 0. The number of nitrogens with one attached hydrogen (secondary N) is 1. The Kier molecular flexibility index (Phi) is 8.83. The van der Waals surface area contributed by atoms with E-state index in [-0.39, 0.29) is 37.4 Å². The van der Waals surface area contributed by atoms with Gasteiger partial charge in [0, 0.05) is 36.7 Å². The predicted molar refractivity (Wildman–Crippen MR) is 144 cm³/mol. The highest BCUT2D eigenvalue weighted by atomic mass is 16.7. The van der Waals surface area contributed by atoms with E-state index in [1.165, 1.54) is 0 Å². The predicted octanol–water partition coefficient (Wildman–Crippen LogP) is 4.11. The van der Waals surface area contributed by atoms with E-state index < -0.39 is 6.29 Å². The summed E-state index contributed by atoms with van der Waals surface area (Å²) in [6.45, 7) is 2.33. The van der Waals surface area contributed by atoms with E-state index in [1.54, 1.807) is 12.1 Å². The van der Waals surface area contributed by atoms with Crippen molar-refractivity contribution in [2.24, 2.45) is 0 Å². The Morgan fingerprint density at radius 1 is 0.895 bits per heavy atom. The summed E-state index contributed by atoms with van der Waals surface area (Å²) in [6.07, 6.45) is 2.09. The largest absolute Gasteiger partial charge is 0.395 e. The summed E-state index contributed by atoms with van der Waals surface area (Å²) in [5, 5.41) is 22.2. The molecule has 5 rings (SSSR count). The van der Waals surface area contributed by atoms with Gasteiger partial charge in [-0.2, -0.15) is 0 Å². The first-order valence-corrected chi connectivity index (χ1v) is 13.4. The minimum atomic E-state index is -0.528. The maximum Gasteiger partial charge on any atom is 0.251 e. The summed E-state index contributed by atoms with van der Waals surface area (Å²) >= 11 is 0. The van der Waals surface area contributed by atoms with E-state index in [1.807, 2.05) is 66.7 Å². The second-order valence-electron chi connectivity index (χ2n) is 10.1. The number of hydrogen-bond donors (Lipinski definition) is 3. The molecule has 0 aliphatic carbocycles. The molecular formula is C31H36N2O5. The van der Waals surface area contributed by atoms with Gasteiger partial charge in [0.15, 0.2) is 6.29 Å². The minimum absolute atomic E-state index is 0.00975. The van der Waals surface area contributed by atoms with Crippen LogP contribution in [0.5, 0.6) is 0 Å². The van der Waals surface area contributed by atoms with Gasteiger partial charge >= 0.3 is 0 Å². The fourth-order valence-corrected chi connectivity index (χ4v) is 5.30. The van der Waals surface area contributed by atoms with Gasteiger partial charge in [-0.25, -0.2) is 0 Å². The molecule has 38 heavy (non-hydrogen) atoms. The molecule has 3 aromatic rings. The molecule has 0 spiro atoms. The zero-order valence-electron chi connectivity index (χ0n) is 21.5. The van der Waals surface area contributed by atoms with Crippen LogP contribution in [-0.2, 0) is 22.6 Å². The number of aliphatic hydroxyl groups excluding tert-OH is 2. The fourth-order valence-electron chi connectivity index (χ4n) is 5.30. The average molecular weight is 517 g/mol. The van der Waals surface area contributed by atoms with Gasteiger partial charge in [-0.1, -0.05) is 66.7 Å². The molecule has 0 radical (unpaired) electrons. The molecule has 7 nitrogen and oxygen atoms in total. The summed E-state index contributed by atoms with van der Waals surface area (Å²) < 4.78 is 12.9. The molecule has 0 aromatic heterocycles. The van der Waals surface area contributed by atoms with Crippen molar-refractivity contribution in [1.82, 2.24) is 10.2 Å². The van der Waals surface area contributed by atoms with Crippen molar-refractivity contribution in [2.75, 3.05) is 19.7 Å². The van der Waals surface area contributed by atoms with Crippen LogP contribution in [0.15, 0.2) is 78.9 Å². The van der Waals surface area contributed by atoms with Gasteiger partial charge in [0.2, 0.25) is 0 Å². The SMILES string of the molecule is O=C(NCc1ccc([C@@H]2O[C@H](CN3CCC[C@H]3CO)C[C@H](c3ccc(CO)cc3)O2)cc1)c1ccccc1. The number of ether oxygens (including phenoxy) is 2. The number of benzene rings is 3. The maximum absolute atomic E-state index is 12.4. The highest BCUT2D eigenvalue weighted by Gasteiger charge is 2.35. The third-order valence-electron chi connectivity index (χ3n) is 7.50. The molecule has 2 aliphatic rings.